The molecule has 3 rings (SSSR count). The van der Waals surface area contributed by atoms with Gasteiger partial charge in [-0.15, -0.1) is 0 Å². The largest absolute Gasteiger partial charge is 0.469 e. The minimum Gasteiger partial charge on any atom is -0.469 e. The van der Waals surface area contributed by atoms with Crippen molar-refractivity contribution in [3.05, 3.63) is 24.2 Å². The highest BCUT2D eigenvalue weighted by Crippen LogP contribution is 2.33. The van der Waals surface area contributed by atoms with E-state index in [0.29, 0.717) is 0 Å². The SMILES string of the molecule is c1coc(C2(CN3CCNCC3)COC2)c1. The van der Waals surface area contributed by atoms with Gasteiger partial charge in [0.15, 0.2) is 0 Å². The highest BCUT2D eigenvalue weighted by Gasteiger charge is 2.44. The van der Waals surface area contributed by atoms with Gasteiger partial charge in [-0.05, 0) is 12.1 Å². The van der Waals surface area contributed by atoms with Crippen LogP contribution in [0.5, 0.6) is 0 Å². The molecule has 4 heteroatoms. The lowest BCUT2D eigenvalue weighted by molar-refractivity contribution is -0.0850. The maximum atomic E-state index is 5.56. The van der Waals surface area contributed by atoms with E-state index in [-0.39, 0.29) is 5.41 Å². The molecule has 1 N–H and O–H groups in total. The number of furan rings is 1. The maximum absolute atomic E-state index is 5.56. The van der Waals surface area contributed by atoms with Crippen LogP contribution in [0.3, 0.4) is 0 Å². The van der Waals surface area contributed by atoms with Crippen molar-refractivity contribution in [2.24, 2.45) is 0 Å². The van der Waals surface area contributed by atoms with Crippen molar-refractivity contribution in [3.63, 3.8) is 0 Å². The molecule has 0 aromatic carbocycles. The van der Waals surface area contributed by atoms with Crippen LogP contribution in [0.25, 0.3) is 0 Å². The van der Waals surface area contributed by atoms with Crippen LogP contribution in [0.4, 0.5) is 0 Å². The van der Waals surface area contributed by atoms with Crippen molar-refractivity contribution >= 4 is 0 Å². The number of hydrogen-bond donors (Lipinski definition) is 1. The van der Waals surface area contributed by atoms with Crippen molar-refractivity contribution in [2.45, 2.75) is 5.41 Å². The van der Waals surface area contributed by atoms with E-state index in [9.17, 15) is 0 Å². The van der Waals surface area contributed by atoms with Crippen LogP contribution in [-0.4, -0.2) is 50.8 Å². The molecule has 1 aromatic rings. The summed E-state index contributed by atoms with van der Waals surface area (Å²) in [6, 6.07) is 4.04. The van der Waals surface area contributed by atoms with E-state index in [0.717, 1.165) is 51.7 Å². The fraction of sp³-hybridized carbons (Fsp3) is 0.667. The summed E-state index contributed by atoms with van der Waals surface area (Å²) in [5, 5.41) is 3.37. The van der Waals surface area contributed by atoms with Crippen LogP contribution in [-0.2, 0) is 10.2 Å². The summed E-state index contributed by atoms with van der Waals surface area (Å²) < 4.78 is 11.0. The van der Waals surface area contributed by atoms with Crippen LogP contribution in [0.1, 0.15) is 5.76 Å². The lowest BCUT2D eigenvalue weighted by atomic mass is 9.82. The highest BCUT2D eigenvalue weighted by atomic mass is 16.5. The molecular formula is C12H18N2O2. The normalized spacial score (nSPS) is 25.2. The van der Waals surface area contributed by atoms with E-state index in [1.807, 2.05) is 6.07 Å². The Labute approximate surface area is 95.6 Å². The molecule has 0 bridgehead atoms. The topological polar surface area (TPSA) is 37.6 Å². The average molecular weight is 222 g/mol. The van der Waals surface area contributed by atoms with Gasteiger partial charge in [0.2, 0.25) is 0 Å². The first kappa shape index (κ1) is 10.3. The van der Waals surface area contributed by atoms with Crippen LogP contribution < -0.4 is 5.32 Å². The van der Waals surface area contributed by atoms with Crippen molar-refractivity contribution in [1.82, 2.24) is 10.2 Å². The number of rotatable bonds is 3. The fourth-order valence-corrected chi connectivity index (χ4v) is 2.54. The number of ether oxygens (including phenoxy) is 1. The average Bonchev–Trinajstić information content (AvgIpc) is 2.78. The van der Waals surface area contributed by atoms with E-state index in [1.54, 1.807) is 6.26 Å². The molecule has 1 aromatic heterocycles. The molecule has 0 amide bonds. The molecule has 0 unspecified atom stereocenters. The summed E-state index contributed by atoms with van der Waals surface area (Å²) in [4.78, 5) is 2.50. The molecule has 0 radical (unpaired) electrons. The van der Waals surface area contributed by atoms with Crippen molar-refractivity contribution in [1.29, 1.82) is 0 Å². The zero-order chi connectivity index (χ0) is 10.8. The third kappa shape index (κ3) is 1.77. The Kier molecular flexibility index (Phi) is 2.71. The van der Waals surface area contributed by atoms with Gasteiger partial charge in [0.1, 0.15) is 5.76 Å². The Balaban J connectivity index is 1.70. The Morgan fingerprint density at radius 3 is 2.69 bits per heavy atom. The number of nitrogens with one attached hydrogen (secondary N) is 1. The van der Waals surface area contributed by atoms with Gasteiger partial charge in [0.05, 0.1) is 24.9 Å². The minimum atomic E-state index is 0.112. The highest BCUT2D eigenvalue weighted by molar-refractivity contribution is 5.18. The van der Waals surface area contributed by atoms with Gasteiger partial charge in [-0.2, -0.15) is 0 Å². The van der Waals surface area contributed by atoms with Gasteiger partial charge in [0.25, 0.3) is 0 Å². The van der Waals surface area contributed by atoms with E-state index in [4.69, 9.17) is 9.15 Å². The van der Waals surface area contributed by atoms with Crippen LogP contribution in [0.15, 0.2) is 22.8 Å². The van der Waals surface area contributed by atoms with Gasteiger partial charge in [-0.25, -0.2) is 0 Å². The molecule has 0 atom stereocenters. The first-order chi connectivity index (χ1) is 7.89. The summed E-state index contributed by atoms with van der Waals surface area (Å²) in [6.07, 6.45) is 1.76. The van der Waals surface area contributed by atoms with Crippen molar-refractivity contribution < 1.29 is 9.15 Å². The summed E-state index contributed by atoms with van der Waals surface area (Å²) >= 11 is 0. The number of nitrogens with zero attached hydrogens (tertiary/aromatic N) is 1. The maximum Gasteiger partial charge on any atom is 0.115 e. The first-order valence-electron chi connectivity index (χ1n) is 5.94. The fourth-order valence-electron chi connectivity index (χ4n) is 2.54. The molecule has 2 aliphatic heterocycles. The Bertz CT molecular complexity index is 327. The molecule has 0 saturated carbocycles. The summed E-state index contributed by atoms with van der Waals surface area (Å²) in [6.45, 7) is 7.09. The molecule has 0 aliphatic carbocycles. The second kappa shape index (κ2) is 4.20. The third-order valence-corrected chi connectivity index (χ3v) is 3.54. The minimum absolute atomic E-state index is 0.112. The van der Waals surface area contributed by atoms with E-state index < -0.39 is 0 Å². The molecule has 88 valence electrons. The predicted octanol–water partition coefficient (Wildman–Crippen LogP) is 0.453. The van der Waals surface area contributed by atoms with Gasteiger partial charge in [-0.1, -0.05) is 0 Å². The zero-order valence-electron chi connectivity index (χ0n) is 9.45. The number of piperazine rings is 1. The van der Waals surface area contributed by atoms with E-state index in [1.165, 1.54) is 0 Å². The first-order valence-corrected chi connectivity index (χ1v) is 5.94. The Morgan fingerprint density at radius 2 is 2.12 bits per heavy atom. The Hall–Kier alpha value is -0.840. The summed E-state index contributed by atoms with van der Waals surface area (Å²) in [7, 11) is 0. The van der Waals surface area contributed by atoms with Crippen molar-refractivity contribution in [3.8, 4) is 0 Å². The molecule has 16 heavy (non-hydrogen) atoms. The molecule has 2 fully saturated rings. The zero-order valence-corrected chi connectivity index (χ0v) is 9.45. The lowest BCUT2D eigenvalue weighted by Gasteiger charge is -2.44. The standard InChI is InChI=1S/C12H18N2O2/c1-2-11(16-7-1)12(9-15-10-12)8-14-5-3-13-4-6-14/h1-2,7,13H,3-6,8-10H2. The lowest BCUT2D eigenvalue weighted by Crippen LogP contribution is -2.57. The van der Waals surface area contributed by atoms with Gasteiger partial charge in [0, 0.05) is 32.7 Å². The van der Waals surface area contributed by atoms with Gasteiger partial charge in [-0.3, -0.25) is 4.90 Å². The predicted molar refractivity (Wildman–Crippen MR) is 60.5 cm³/mol. The number of hydrogen-bond acceptors (Lipinski definition) is 4. The van der Waals surface area contributed by atoms with Crippen LogP contribution in [0, 0.1) is 0 Å². The second-order valence-electron chi connectivity index (χ2n) is 4.78. The summed E-state index contributed by atoms with van der Waals surface area (Å²) in [5.41, 5.74) is 0.112. The second-order valence-corrected chi connectivity index (χ2v) is 4.78. The monoisotopic (exact) mass is 222 g/mol. The van der Waals surface area contributed by atoms with Crippen LogP contribution in [0.2, 0.25) is 0 Å². The molecule has 0 spiro atoms. The molecule has 2 saturated heterocycles. The third-order valence-electron chi connectivity index (χ3n) is 3.54. The molecule has 2 aliphatic rings. The van der Waals surface area contributed by atoms with Crippen LogP contribution >= 0.6 is 0 Å². The summed E-state index contributed by atoms with van der Waals surface area (Å²) in [5.74, 6) is 1.08. The van der Waals surface area contributed by atoms with Crippen molar-refractivity contribution in [2.75, 3.05) is 45.9 Å². The smallest absolute Gasteiger partial charge is 0.115 e. The van der Waals surface area contributed by atoms with Gasteiger partial charge < -0.3 is 14.5 Å². The molecule has 3 heterocycles. The van der Waals surface area contributed by atoms with E-state index in [2.05, 4.69) is 16.3 Å². The molecular weight excluding hydrogens is 204 g/mol. The van der Waals surface area contributed by atoms with E-state index >= 15 is 0 Å². The molecule has 4 nitrogen and oxygen atoms in total. The Morgan fingerprint density at radius 1 is 1.31 bits per heavy atom. The quantitative estimate of drug-likeness (QED) is 0.806. The van der Waals surface area contributed by atoms with Gasteiger partial charge >= 0.3 is 0 Å².